The molecule has 2 nitrogen and oxygen atoms in total. The van der Waals surface area contributed by atoms with Crippen molar-refractivity contribution in [3.05, 3.63) is 88.2 Å². The van der Waals surface area contributed by atoms with E-state index in [2.05, 4.69) is 133 Å². The zero-order valence-corrected chi connectivity index (χ0v) is 25.1. The number of aromatic nitrogens is 2. The van der Waals surface area contributed by atoms with Crippen molar-refractivity contribution in [1.29, 1.82) is 0 Å². The van der Waals surface area contributed by atoms with Gasteiger partial charge < -0.3 is 0 Å². The maximum Gasteiger partial charge on any atom is 0.269 e. The highest BCUT2D eigenvalue weighted by Gasteiger charge is 2.45. The van der Waals surface area contributed by atoms with Gasteiger partial charge >= 0.3 is 0 Å². The number of imidazole rings is 1. The molecule has 0 saturated heterocycles. The Bertz CT molecular complexity index is 1560. The Balaban J connectivity index is 1.75. The number of fused-ring (bicyclic) bond motifs is 4. The average molecular weight is 505 g/mol. The highest BCUT2D eigenvalue weighted by molar-refractivity contribution is 5.83. The van der Waals surface area contributed by atoms with Crippen molar-refractivity contribution in [2.45, 2.75) is 110 Å². The maximum absolute atomic E-state index is 3.92. The molecule has 2 heteroatoms. The molecule has 0 spiro atoms. The summed E-state index contributed by atoms with van der Waals surface area (Å²) in [5.41, 5.74) is 14.1. The van der Waals surface area contributed by atoms with Gasteiger partial charge in [0.05, 0.1) is 22.4 Å². The minimum absolute atomic E-state index is 0.108. The van der Waals surface area contributed by atoms with Gasteiger partial charge in [0.1, 0.15) is 0 Å². The topological polar surface area (TPSA) is 8.81 Å². The van der Waals surface area contributed by atoms with Crippen LogP contribution in [0.4, 0.5) is 0 Å². The molecule has 1 aromatic heterocycles. The second kappa shape index (κ2) is 8.07. The molecule has 0 bridgehead atoms. The van der Waals surface area contributed by atoms with Crippen molar-refractivity contribution >= 4 is 11.0 Å². The van der Waals surface area contributed by atoms with E-state index in [1.165, 1.54) is 63.1 Å². The summed E-state index contributed by atoms with van der Waals surface area (Å²) in [5.74, 6) is 0.852. The van der Waals surface area contributed by atoms with E-state index in [4.69, 9.17) is 0 Å². The van der Waals surface area contributed by atoms with Gasteiger partial charge in [-0.05, 0) is 75.0 Å². The second-order valence-electron chi connectivity index (χ2n) is 14.3. The molecule has 2 heterocycles. The molecule has 1 aliphatic heterocycles. The first-order valence-electron chi connectivity index (χ1n) is 14.6. The summed E-state index contributed by atoms with van der Waals surface area (Å²) >= 11 is 0. The van der Waals surface area contributed by atoms with Crippen LogP contribution in [0.1, 0.15) is 127 Å². The lowest BCUT2D eigenvalue weighted by atomic mass is 9.58. The van der Waals surface area contributed by atoms with Crippen LogP contribution in [-0.2, 0) is 16.2 Å². The Morgan fingerprint density at radius 1 is 0.711 bits per heavy atom. The molecule has 0 N–H and O–H groups in total. The summed E-state index contributed by atoms with van der Waals surface area (Å²) in [6.07, 6.45) is 6.36. The molecule has 38 heavy (non-hydrogen) atoms. The van der Waals surface area contributed by atoms with Gasteiger partial charge in [-0.25, -0.2) is 0 Å². The van der Waals surface area contributed by atoms with E-state index in [0.717, 1.165) is 0 Å². The third kappa shape index (κ3) is 3.34. The largest absolute Gasteiger partial charge is 0.291 e. The van der Waals surface area contributed by atoms with Crippen molar-refractivity contribution in [2.75, 3.05) is 0 Å². The predicted octanol–water partition coefficient (Wildman–Crippen LogP) is 8.94. The highest BCUT2D eigenvalue weighted by Crippen LogP contribution is 2.53. The van der Waals surface area contributed by atoms with Crippen LogP contribution in [0.2, 0.25) is 0 Å². The Labute approximate surface area is 229 Å². The molecule has 2 aliphatic rings. The van der Waals surface area contributed by atoms with E-state index in [1.54, 1.807) is 5.56 Å². The summed E-state index contributed by atoms with van der Waals surface area (Å²) in [4.78, 5) is 0. The van der Waals surface area contributed by atoms with Crippen LogP contribution >= 0.6 is 0 Å². The quantitative estimate of drug-likeness (QED) is 0.194. The highest BCUT2D eigenvalue weighted by atomic mass is 15.2. The molecule has 0 amide bonds. The molecule has 0 fully saturated rings. The van der Waals surface area contributed by atoms with Crippen LogP contribution < -0.4 is 4.57 Å². The van der Waals surface area contributed by atoms with Crippen LogP contribution in [0.5, 0.6) is 0 Å². The molecule has 0 atom stereocenters. The first kappa shape index (κ1) is 25.4. The fourth-order valence-corrected chi connectivity index (χ4v) is 7.47. The van der Waals surface area contributed by atoms with E-state index in [0.29, 0.717) is 11.8 Å². The maximum atomic E-state index is 3.92. The summed E-state index contributed by atoms with van der Waals surface area (Å²) in [7, 11) is 0. The average Bonchev–Trinajstić information content (AvgIpc) is 3.24. The summed E-state index contributed by atoms with van der Waals surface area (Å²) in [6, 6.07) is 18.6. The zero-order valence-electron chi connectivity index (χ0n) is 25.1. The summed E-state index contributed by atoms with van der Waals surface area (Å²) in [6.45, 7) is 23.9. The molecular formula is C36H44N2. The molecule has 0 unspecified atom stereocenters. The smallest absolute Gasteiger partial charge is 0.269 e. The van der Waals surface area contributed by atoms with E-state index >= 15 is 0 Å². The van der Waals surface area contributed by atoms with Crippen molar-refractivity contribution in [3.63, 3.8) is 0 Å². The van der Waals surface area contributed by atoms with Gasteiger partial charge in [0.25, 0.3) is 6.33 Å². The van der Waals surface area contributed by atoms with Crippen LogP contribution in [0, 0.1) is 6.33 Å². The lowest BCUT2D eigenvalue weighted by Crippen LogP contribution is -2.45. The Morgan fingerprint density at radius 2 is 1.32 bits per heavy atom. The van der Waals surface area contributed by atoms with Crippen molar-refractivity contribution in [2.24, 2.45) is 0 Å². The molecule has 198 valence electrons. The Kier molecular flexibility index (Phi) is 5.40. The van der Waals surface area contributed by atoms with Crippen molar-refractivity contribution in [1.82, 2.24) is 4.57 Å². The number of rotatable bonds is 3. The third-order valence-corrected chi connectivity index (χ3v) is 9.75. The first-order chi connectivity index (χ1) is 17.8. The molecule has 4 aromatic rings. The summed E-state index contributed by atoms with van der Waals surface area (Å²) in [5, 5.41) is 0. The van der Waals surface area contributed by atoms with Crippen LogP contribution in [-0.4, -0.2) is 4.57 Å². The van der Waals surface area contributed by atoms with E-state index in [1.807, 2.05) is 0 Å². The zero-order chi connectivity index (χ0) is 27.4. The fourth-order valence-electron chi connectivity index (χ4n) is 7.47. The minimum atomic E-state index is -0.108. The van der Waals surface area contributed by atoms with Gasteiger partial charge in [-0.3, -0.25) is 9.13 Å². The van der Waals surface area contributed by atoms with Gasteiger partial charge in [-0.2, -0.15) is 0 Å². The number of hydrogen-bond donors (Lipinski definition) is 0. The van der Waals surface area contributed by atoms with E-state index in [-0.39, 0.29) is 16.2 Å². The van der Waals surface area contributed by atoms with Gasteiger partial charge in [-0.1, -0.05) is 112 Å². The van der Waals surface area contributed by atoms with Crippen molar-refractivity contribution in [3.8, 4) is 11.4 Å². The second-order valence-corrected chi connectivity index (χ2v) is 14.3. The first-order valence-corrected chi connectivity index (χ1v) is 14.6. The number of benzene rings is 3. The number of para-hydroxylation sites is 2. The third-order valence-electron chi connectivity index (χ3n) is 9.75. The lowest BCUT2D eigenvalue weighted by molar-refractivity contribution is -0.575. The van der Waals surface area contributed by atoms with Gasteiger partial charge in [-0.15, -0.1) is 0 Å². The van der Waals surface area contributed by atoms with Crippen LogP contribution in [0.3, 0.4) is 0 Å². The molecular weight excluding hydrogens is 460 g/mol. The van der Waals surface area contributed by atoms with Gasteiger partial charge in [0, 0.05) is 5.41 Å². The predicted molar refractivity (Wildman–Crippen MR) is 159 cm³/mol. The Hall–Kier alpha value is -2.87. The molecule has 0 saturated carbocycles. The normalized spacial score (nSPS) is 18.6. The summed E-state index contributed by atoms with van der Waals surface area (Å²) < 4.78 is 4.77. The lowest BCUT2D eigenvalue weighted by Gasteiger charge is -2.47. The van der Waals surface area contributed by atoms with Gasteiger partial charge in [0.15, 0.2) is 0 Å². The van der Waals surface area contributed by atoms with E-state index in [9.17, 15) is 0 Å². The number of nitrogens with zero attached hydrogens (tertiary/aromatic N) is 2. The minimum Gasteiger partial charge on any atom is -0.291 e. The fraction of sp³-hybridized carbons (Fsp3) is 0.472. The SMILES string of the molecule is CC(C)c1cccc(C(C)C)c1-n1[c-][n+]2c3c(cccc31)C(C)(C)c1c-2ccc2c1C(C)(C)CCC2(C)C. The van der Waals surface area contributed by atoms with Gasteiger partial charge in [0.2, 0.25) is 0 Å². The van der Waals surface area contributed by atoms with Crippen molar-refractivity contribution < 1.29 is 4.57 Å². The number of hydrogen-bond acceptors (Lipinski definition) is 0. The molecule has 0 radical (unpaired) electrons. The molecule has 1 aliphatic carbocycles. The molecule has 6 rings (SSSR count). The monoisotopic (exact) mass is 504 g/mol. The van der Waals surface area contributed by atoms with Crippen LogP contribution in [0.15, 0.2) is 48.5 Å². The van der Waals surface area contributed by atoms with E-state index < -0.39 is 0 Å². The van der Waals surface area contributed by atoms with Crippen LogP contribution in [0.25, 0.3) is 22.4 Å². The molecule has 3 aromatic carbocycles. The standard InChI is InChI=1S/C36H44N2/c1-22(2)24-13-11-14-25(23(3)4)32(24)38-21-37-28-18-17-26-30(35(7,8)20-19-34(26,5)6)31(28)36(9,10)27-15-12-16-29(38)33(27)37/h11-18,22-23H,19-20H2,1-10H3. The Morgan fingerprint density at radius 3 is 1.95 bits per heavy atom.